The van der Waals surface area contributed by atoms with Crippen molar-refractivity contribution >= 4 is 11.6 Å². The molecular formula is C14H21N5. The van der Waals surface area contributed by atoms with Gasteiger partial charge in [0.25, 0.3) is 0 Å². The molecule has 0 spiro atoms. The zero-order valence-electron chi connectivity index (χ0n) is 11.7. The van der Waals surface area contributed by atoms with Crippen LogP contribution in [0.15, 0.2) is 6.07 Å². The van der Waals surface area contributed by atoms with Crippen molar-refractivity contribution in [1.29, 1.82) is 5.26 Å². The van der Waals surface area contributed by atoms with Crippen LogP contribution in [-0.4, -0.2) is 30.1 Å². The molecule has 5 nitrogen and oxygen atoms in total. The summed E-state index contributed by atoms with van der Waals surface area (Å²) in [6.45, 7) is 3.59. The molecule has 2 rings (SSSR count). The van der Waals surface area contributed by atoms with E-state index in [1.165, 1.54) is 19.3 Å². The molecule has 1 fully saturated rings. The van der Waals surface area contributed by atoms with E-state index < -0.39 is 0 Å². The highest BCUT2D eigenvalue weighted by atomic mass is 15.2. The maximum Gasteiger partial charge on any atom is 0.134 e. The number of nitrogens with zero attached hydrogens (tertiary/aromatic N) is 4. The van der Waals surface area contributed by atoms with E-state index in [0.29, 0.717) is 13.0 Å². The zero-order valence-corrected chi connectivity index (χ0v) is 11.7. The minimum absolute atomic E-state index is 0.504. The van der Waals surface area contributed by atoms with E-state index in [1.807, 2.05) is 24.9 Å². The Morgan fingerprint density at radius 2 is 2.26 bits per heavy atom. The molecule has 1 saturated carbocycles. The van der Waals surface area contributed by atoms with Crippen LogP contribution in [0.3, 0.4) is 0 Å². The fourth-order valence-electron chi connectivity index (χ4n) is 2.12. The molecule has 1 aromatic rings. The lowest BCUT2D eigenvalue weighted by Crippen LogP contribution is -2.23. The molecule has 0 aliphatic heterocycles. The predicted molar refractivity (Wildman–Crippen MR) is 76.1 cm³/mol. The number of hydrogen-bond acceptors (Lipinski definition) is 5. The van der Waals surface area contributed by atoms with Crippen molar-refractivity contribution < 1.29 is 0 Å². The van der Waals surface area contributed by atoms with E-state index in [4.69, 9.17) is 5.26 Å². The minimum Gasteiger partial charge on any atom is -0.370 e. The van der Waals surface area contributed by atoms with Crippen molar-refractivity contribution in [2.75, 3.05) is 30.4 Å². The summed E-state index contributed by atoms with van der Waals surface area (Å²) in [6.07, 6.45) is 4.51. The van der Waals surface area contributed by atoms with Crippen LogP contribution >= 0.6 is 0 Å². The van der Waals surface area contributed by atoms with Gasteiger partial charge in [-0.3, -0.25) is 0 Å². The lowest BCUT2D eigenvalue weighted by atomic mass is 9.85. The Morgan fingerprint density at radius 3 is 2.89 bits per heavy atom. The first kappa shape index (κ1) is 13.6. The van der Waals surface area contributed by atoms with Gasteiger partial charge in [-0.2, -0.15) is 5.26 Å². The van der Waals surface area contributed by atoms with Crippen molar-refractivity contribution in [3.05, 3.63) is 11.9 Å². The zero-order chi connectivity index (χ0) is 13.7. The lowest BCUT2D eigenvalue weighted by Gasteiger charge is -2.26. The topological polar surface area (TPSA) is 64.8 Å². The van der Waals surface area contributed by atoms with Crippen LogP contribution in [0.25, 0.3) is 0 Å². The number of hydrogen-bond donors (Lipinski definition) is 1. The van der Waals surface area contributed by atoms with Crippen molar-refractivity contribution in [2.24, 2.45) is 5.92 Å². The van der Waals surface area contributed by atoms with Gasteiger partial charge < -0.3 is 10.2 Å². The number of nitrogens with one attached hydrogen (secondary N) is 1. The summed E-state index contributed by atoms with van der Waals surface area (Å²) in [6, 6.07) is 4.11. The van der Waals surface area contributed by atoms with Crippen LogP contribution in [0.4, 0.5) is 11.6 Å². The normalized spacial score (nSPS) is 14.6. The summed E-state index contributed by atoms with van der Waals surface area (Å²) < 4.78 is 0. The SMILES string of the molecule is Cc1nc(NCC2CCC2)cc(N(C)CCC#N)n1. The third-order valence-corrected chi connectivity index (χ3v) is 3.57. The van der Waals surface area contributed by atoms with Gasteiger partial charge in [-0.1, -0.05) is 6.42 Å². The number of aromatic nitrogens is 2. The monoisotopic (exact) mass is 259 g/mol. The molecule has 1 heterocycles. The van der Waals surface area contributed by atoms with E-state index >= 15 is 0 Å². The van der Waals surface area contributed by atoms with Gasteiger partial charge in [0.2, 0.25) is 0 Å². The summed E-state index contributed by atoms with van der Waals surface area (Å²) in [7, 11) is 1.95. The molecule has 0 atom stereocenters. The molecule has 1 N–H and O–H groups in total. The van der Waals surface area contributed by atoms with Gasteiger partial charge in [-0.15, -0.1) is 0 Å². The smallest absolute Gasteiger partial charge is 0.134 e. The first-order valence-corrected chi connectivity index (χ1v) is 6.86. The van der Waals surface area contributed by atoms with Crippen LogP contribution in [0.5, 0.6) is 0 Å². The van der Waals surface area contributed by atoms with E-state index in [-0.39, 0.29) is 0 Å². The van der Waals surface area contributed by atoms with Gasteiger partial charge in [-0.25, -0.2) is 9.97 Å². The van der Waals surface area contributed by atoms with E-state index in [1.54, 1.807) is 0 Å². The number of anilines is 2. The highest BCUT2D eigenvalue weighted by Crippen LogP contribution is 2.26. The Morgan fingerprint density at radius 1 is 1.47 bits per heavy atom. The second-order valence-electron chi connectivity index (χ2n) is 5.17. The highest BCUT2D eigenvalue weighted by Gasteiger charge is 2.17. The Labute approximate surface area is 114 Å². The van der Waals surface area contributed by atoms with Gasteiger partial charge in [0.15, 0.2) is 0 Å². The molecule has 0 amide bonds. The number of nitriles is 1. The number of aryl methyl sites for hydroxylation is 1. The number of rotatable bonds is 6. The van der Waals surface area contributed by atoms with Gasteiger partial charge in [0.05, 0.1) is 12.5 Å². The van der Waals surface area contributed by atoms with Gasteiger partial charge in [0.1, 0.15) is 17.5 Å². The fourth-order valence-corrected chi connectivity index (χ4v) is 2.12. The first-order valence-electron chi connectivity index (χ1n) is 6.86. The fraction of sp³-hybridized carbons (Fsp3) is 0.643. The molecule has 0 bridgehead atoms. The second kappa shape index (κ2) is 6.37. The molecule has 19 heavy (non-hydrogen) atoms. The van der Waals surface area contributed by atoms with E-state index in [2.05, 4.69) is 21.4 Å². The van der Waals surface area contributed by atoms with Crippen molar-refractivity contribution in [3.8, 4) is 6.07 Å². The van der Waals surface area contributed by atoms with Crippen LogP contribution in [0.2, 0.25) is 0 Å². The second-order valence-corrected chi connectivity index (χ2v) is 5.17. The summed E-state index contributed by atoms with van der Waals surface area (Å²) in [4.78, 5) is 10.8. The summed E-state index contributed by atoms with van der Waals surface area (Å²) >= 11 is 0. The Balaban J connectivity index is 1.99. The third kappa shape index (κ3) is 3.82. The predicted octanol–water partition coefficient (Wildman–Crippen LogP) is 2.35. The van der Waals surface area contributed by atoms with Gasteiger partial charge in [-0.05, 0) is 25.7 Å². The molecular weight excluding hydrogens is 238 g/mol. The third-order valence-electron chi connectivity index (χ3n) is 3.57. The Kier molecular flexibility index (Phi) is 4.56. The maximum absolute atomic E-state index is 8.63. The first-order chi connectivity index (χ1) is 9.19. The molecule has 0 saturated heterocycles. The molecule has 5 heteroatoms. The quantitative estimate of drug-likeness (QED) is 0.849. The summed E-state index contributed by atoms with van der Waals surface area (Å²) in [5, 5.41) is 12.0. The highest BCUT2D eigenvalue weighted by molar-refractivity contribution is 5.49. The molecule has 1 aromatic heterocycles. The molecule has 0 unspecified atom stereocenters. The average molecular weight is 259 g/mol. The average Bonchev–Trinajstić information content (AvgIpc) is 2.33. The van der Waals surface area contributed by atoms with Crippen molar-refractivity contribution in [2.45, 2.75) is 32.6 Å². The van der Waals surface area contributed by atoms with E-state index in [9.17, 15) is 0 Å². The van der Waals surface area contributed by atoms with Crippen LogP contribution in [0, 0.1) is 24.2 Å². The van der Waals surface area contributed by atoms with Gasteiger partial charge in [0, 0.05) is 26.2 Å². The molecule has 102 valence electrons. The molecule has 0 radical (unpaired) electrons. The van der Waals surface area contributed by atoms with Crippen molar-refractivity contribution in [1.82, 2.24) is 9.97 Å². The standard InChI is InChI=1S/C14H21N5/c1-11-17-13(16-10-12-5-3-6-12)9-14(18-11)19(2)8-4-7-15/h9,12H,3-6,8,10H2,1-2H3,(H,16,17,18). The van der Waals surface area contributed by atoms with E-state index in [0.717, 1.165) is 29.9 Å². The summed E-state index contributed by atoms with van der Waals surface area (Å²) in [5.41, 5.74) is 0. The Hall–Kier alpha value is -1.83. The van der Waals surface area contributed by atoms with Crippen LogP contribution in [0.1, 0.15) is 31.5 Å². The minimum atomic E-state index is 0.504. The van der Waals surface area contributed by atoms with Crippen molar-refractivity contribution in [3.63, 3.8) is 0 Å². The lowest BCUT2D eigenvalue weighted by molar-refractivity contribution is 0.333. The van der Waals surface area contributed by atoms with Crippen LogP contribution in [-0.2, 0) is 0 Å². The molecule has 1 aliphatic rings. The Bertz CT molecular complexity index is 461. The van der Waals surface area contributed by atoms with Crippen LogP contribution < -0.4 is 10.2 Å². The maximum atomic E-state index is 8.63. The summed E-state index contributed by atoms with van der Waals surface area (Å²) in [5.74, 6) is 3.32. The molecule has 1 aliphatic carbocycles. The largest absolute Gasteiger partial charge is 0.370 e. The van der Waals surface area contributed by atoms with Gasteiger partial charge >= 0.3 is 0 Å². The molecule has 0 aromatic carbocycles.